The predicted octanol–water partition coefficient (Wildman–Crippen LogP) is 4.01. The van der Waals surface area contributed by atoms with Crippen molar-refractivity contribution >= 4 is 23.0 Å². The molecule has 2 aromatic carbocycles. The lowest BCUT2D eigenvalue weighted by atomic mass is 10.2. The van der Waals surface area contributed by atoms with Gasteiger partial charge in [0, 0.05) is 31.8 Å². The van der Waals surface area contributed by atoms with E-state index in [-0.39, 0.29) is 5.69 Å². The number of hydrogen-bond donors (Lipinski definition) is 2. The van der Waals surface area contributed by atoms with Crippen LogP contribution in [-0.2, 0) is 6.54 Å². The zero-order valence-corrected chi connectivity index (χ0v) is 14.5. The normalized spacial score (nSPS) is 10.3. The lowest BCUT2D eigenvalue weighted by Crippen LogP contribution is -2.21. The van der Waals surface area contributed by atoms with Gasteiger partial charge in [-0.3, -0.25) is 10.1 Å². The van der Waals surface area contributed by atoms with Crippen LogP contribution >= 0.6 is 11.6 Å². The first-order valence-corrected chi connectivity index (χ1v) is 8.19. The number of rotatable bonds is 10. The van der Waals surface area contributed by atoms with E-state index in [4.69, 9.17) is 16.3 Å². The predicted molar refractivity (Wildman–Crippen MR) is 100 cm³/mol. The third-order valence-electron chi connectivity index (χ3n) is 3.40. The fourth-order valence-corrected chi connectivity index (χ4v) is 2.38. The molecule has 0 radical (unpaired) electrons. The Balaban J connectivity index is 1.71. The molecule has 0 bridgehead atoms. The topological polar surface area (TPSA) is 76.4 Å². The Hall–Kier alpha value is -2.57. The molecule has 132 valence electrons. The largest absolute Gasteiger partial charge is 0.490 e. The summed E-state index contributed by atoms with van der Waals surface area (Å²) < 4.78 is 5.43. The minimum Gasteiger partial charge on any atom is -0.490 e. The number of benzene rings is 2. The maximum Gasteiger partial charge on any atom is 0.271 e. The van der Waals surface area contributed by atoms with Crippen LogP contribution in [-0.4, -0.2) is 24.6 Å². The summed E-state index contributed by atoms with van der Waals surface area (Å²) in [5, 5.41) is 17.5. The number of ether oxygens (including phenoxy) is 1. The Kier molecular flexibility index (Phi) is 7.25. The smallest absolute Gasteiger partial charge is 0.271 e. The van der Waals surface area contributed by atoms with E-state index >= 15 is 0 Å². The highest BCUT2D eigenvalue weighted by Gasteiger charge is 2.08. The maximum absolute atomic E-state index is 10.7. The Labute approximate surface area is 151 Å². The van der Waals surface area contributed by atoms with Gasteiger partial charge in [0.2, 0.25) is 0 Å². The summed E-state index contributed by atoms with van der Waals surface area (Å²) in [5.74, 6) is 0.818. The molecule has 0 fully saturated rings. The number of halogens is 1. The quantitative estimate of drug-likeness (QED) is 0.289. The van der Waals surface area contributed by atoms with Crippen LogP contribution in [0.5, 0.6) is 5.75 Å². The second-order valence-electron chi connectivity index (χ2n) is 5.27. The second-order valence-corrected chi connectivity index (χ2v) is 5.68. The molecule has 7 heteroatoms. The standard InChI is InChI=1S/C18H20ClN3O3/c1-2-11-25-16-6-3-14(4-7-16)13-20-9-10-21-18-8-5-15(22(23)24)12-17(18)19/h2-8,12,20-21H,1,9-11,13H2. The van der Waals surface area contributed by atoms with Crippen LogP contribution < -0.4 is 15.4 Å². The molecule has 0 aromatic heterocycles. The summed E-state index contributed by atoms with van der Waals surface area (Å²) >= 11 is 6.03. The van der Waals surface area contributed by atoms with Crippen LogP contribution in [0, 0.1) is 10.1 Å². The molecule has 0 saturated heterocycles. The molecule has 0 saturated carbocycles. The molecule has 0 aliphatic rings. The lowest BCUT2D eigenvalue weighted by molar-refractivity contribution is -0.384. The first-order valence-electron chi connectivity index (χ1n) is 7.81. The van der Waals surface area contributed by atoms with Gasteiger partial charge in [-0.15, -0.1) is 0 Å². The van der Waals surface area contributed by atoms with Gasteiger partial charge in [0.1, 0.15) is 12.4 Å². The van der Waals surface area contributed by atoms with Crippen molar-refractivity contribution in [3.63, 3.8) is 0 Å². The van der Waals surface area contributed by atoms with Crippen molar-refractivity contribution in [2.75, 3.05) is 25.0 Å². The Bertz CT molecular complexity index is 720. The lowest BCUT2D eigenvalue weighted by Gasteiger charge is -2.10. The number of anilines is 1. The van der Waals surface area contributed by atoms with E-state index in [9.17, 15) is 10.1 Å². The molecule has 0 atom stereocenters. The van der Waals surface area contributed by atoms with Gasteiger partial charge in [0.25, 0.3) is 5.69 Å². The van der Waals surface area contributed by atoms with Crippen LogP contribution in [0.25, 0.3) is 0 Å². The molecule has 2 rings (SSSR count). The Morgan fingerprint density at radius 1 is 1.20 bits per heavy atom. The molecule has 0 aliphatic carbocycles. The number of nitro benzene ring substituents is 1. The van der Waals surface area contributed by atoms with Crippen LogP contribution in [0.15, 0.2) is 55.1 Å². The summed E-state index contributed by atoms with van der Waals surface area (Å²) in [6, 6.07) is 12.2. The van der Waals surface area contributed by atoms with E-state index in [2.05, 4.69) is 17.2 Å². The van der Waals surface area contributed by atoms with Crippen molar-refractivity contribution in [3.05, 3.63) is 75.8 Å². The van der Waals surface area contributed by atoms with Crippen molar-refractivity contribution in [1.82, 2.24) is 5.32 Å². The van der Waals surface area contributed by atoms with Gasteiger partial charge in [-0.2, -0.15) is 0 Å². The zero-order chi connectivity index (χ0) is 18.1. The third kappa shape index (κ3) is 6.10. The van der Waals surface area contributed by atoms with Crippen LogP contribution in [0.3, 0.4) is 0 Å². The van der Waals surface area contributed by atoms with Crippen molar-refractivity contribution in [2.45, 2.75) is 6.54 Å². The highest BCUT2D eigenvalue weighted by Crippen LogP contribution is 2.26. The monoisotopic (exact) mass is 361 g/mol. The number of nitro groups is 1. The fraction of sp³-hybridized carbons (Fsp3) is 0.222. The molecular formula is C18H20ClN3O3. The van der Waals surface area contributed by atoms with Gasteiger partial charge in [-0.1, -0.05) is 36.4 Å². The van der Waals surface area contributed by atoms with Gasteiger partial charge in [0.05, 0.1) is 15.6 Å². The average molecular weight is 362 g/mol. The van der Waals surface area contributed by atoms with Gasteiger partial charge >= 0.3 is 0 Å². The van der Waals surface area contributed by atoms with Gasteiger partial charge in [-0.25, -0.2) is 0 Å². The molecule has 6 nitrogen and oxygen atoms in total. The number of non-ortho nitro benzene ring substituents is 1. The molecule has 0 aliphatic heterocycles. The van der Waals surface area contributed by atoms with Crippen LogP contribution in [0.1, 0.15) is 5.56 Å². The number of nitrogens with one attached hydrogen (secondary N) is 2. The summed E-state index contributed by atoms with van der Waals surface area (Å²) in [7, 11) is 0. The average Bonchev–Trinajstić information content (AvgIpc) is 2.61. The molecule has 2 aromatic rings. The first-order chi connectivity index (χ1) is 12.1. The van der Waals surface area contributed by atoms with Crippen LogP contribution in [0.2, 0.25) is 5.02 Å². The fourth-order valence-electron chi connectivity index (χ4n) is 2.14. The molecule has 0 heterocycles. The number of nitrogens with zero attached hydrogens (tertiary/aromatic N) is 1. The summed E-state index contributed by atoms with van der Waals surface area (Å²) in [6.45, 7) is 6.21. The SMILES string of the molecule is C=CCOc1ccc(CNCCNc2ccc([N+](=O)[O-])cc2Cl)cc1. The minimum atomic E-state index is -0.467. The summed E-state index contributed by atoms with van der Waals surface area (Å²) in [4.78, 5) is 10.2. The molecule has 2 N–H and O–H groups in total. The van der Waals surface area contributed by atoms with Crippen molar-refractivity contribution in [3.8, 4) is 5.75 Å². The van der Waals surface area contributed by atoms with E-state index in [1.54, 1.807) is 12.1 Å². The first kappa shape index (κ1) is 18.8. The third-order valence-corrected chi connectivity index (χ3v) is 3.71. The molecular weight excluding hydrogens is 342 g/mol. The minimum absolute atomic E-state index is 0.0193. The summed E-state index contributed by atoms with van der Waals surface area (Å²) in [6.07, 6.45) is 1.71. The van der Waals surface area contributed by atoms with Gasteiger partial charge in [0.15, 0.2) is 0 Å². The van der Waals surface area contributed by atoms with Gasteiger partial charge in [-0.05, 0) is 23.8 Å². The molecule has 0 unspecified atom stereocenters. The zero-order valence-electron chi connectivity index (χ0n) is 13.7. The van der Waals surface area contributed by atoms with Crippen molar-refractivity contribution in [2.24, 2.45) is 0 Å². The van der Waals surface area contributed by atoms with E-state index in [0.717, 1.165) is 24.4 Å². The van der Waals surface area contributed by atoms with E-state index in [0.29, 0.717) is 23.9 Å². The second kappa shape index (κ2) is 9.66. The van der Waals surface area contributed by atoms with E-state index in [1.165, 1.54) is 12.1 Å². The molecule has 25 heavy (non-hydrogen) atoms. The number of hydrogen-bond acceptors (Lipinski definition) is 5. The van der Waals surface area contributed by atoms with E-state index in [1.807, 2.05) is 24.3 Å². The highest BCUT2D eigenvalue weighted by molar-refractivity contribution is 6.33. The van der Waals surface area contributed by atoms with Crippen molar-refractivity contribution < 1.29 is 9.66 Å². The maximum atomic E-state index is 10.7. The van der Waals surface area contributed by atoms with E-state index < -0.39 is 4.92 Å². The Morgan fingerprint density at radius 2 is 1.96 bits per heavy atom. The van der Waals surface area contributed by atoms with Gasteiger partial charge < -0.3 is 15.4 Å². The highest BCUT2D eigenvalue weighted by atomic mass is 35.5. The van der Waals surface area contributed by atoms with Crippen LogP contribution in [0.4, 0.5) is 11.4 Å². The molecule has 0 amide bonds. The Morgan fingerprint density at radius 3 is 2.60 bits per heavy atom. The summed E-state index contributed by atoms with van der Waals surface area (Å²) in [5.41, 5.74) is 1.81. The molecule has 0 spiro atoms. The van der Waals surface area contributed by atoms with Crippen molar-refractivity contribution in [1.29, 1.82) is 0 Å².